The van der Waals surface area contributed by atoms with E-state index < -0.39 is 0 Å². The standard InChI is InChI=1S/C29H36N4O/c34-24-7-9-26-22(18-24)6-8-25(21-4-2-1-3-5-21)27(26)23-19-31-28(32-20-23)33-16-12-29(13-17-33)10-14-30-15-11-29/h2,4-5,7,9,18-20,25,27,30,34H,1,3,6,8,10-17H2. The van der Waals surface area contributed by atoms with Crippen LogP contribution in [0.2, 0.25) is 0 Å². The van der Waals surface area contributed by atoms with Crippen LogP contribution in [0.15, 0.2) is 54.4 Å². The minimum atomic E-state index is 0.228. The number of phenolic OH excluding ortho intramolecular Hbond substituents is 1. The molecule has 1 aromatic heterocycles. The van der Waals surface area contributed by atoms with E-state index in [0.717, 1.165) is 44.7 Å². The number of anilines is 1. The molecule has 0 bridgehead atoms. The molecular formula is C29H36N4O. The van der Waals surface area contributed by atoms with Crippen molar-refractivity contribution in [2.75, 3.05) is 31.1 Å². The third-order valence-electron chi connectivity index (χ3n) is 8.83. The number of hydrogen-bond donors (Lipinski definition) is 2. The van der Waals surface area contributed by atoms with Gasteiger partial charge in [-0.25, -0.2) is 9.97 Å². The number of allylic oxidation sites excluding steroid dienone is 4. The van der Waals surface area contributed by atoms with Crippen LogP contribution in [0, 0.1) is 11.3 Å². The summed E-state index contributed by atoms with van der Waals surface area (Å²) in [5.74, 6) is 1.89. The molecule has 2 aromatic rings. The topological polar surface area (TPSA) is 61.3 Å². The van der Waals surface area contributed by atoms with Gasteiger partial charge in [-0.05, 0) is 110 Å². The van der Waals surface area contributed by atoms with Crippen molar-refractivity contribution < 1.29 is 5.11 Å². The first-order valence-corrected chi connectivity index (χ1v) is 13.2. The van der Waals surface area contributed by atoms with Gasteiger partial charge in [-0.15, -0.1) is 0 Å². The Kier molecular flexibility index (Phi) is 5.90. The number of benzene rings is 1. The molecule has 2 N–H and O–H groups in total. The van der Waals surface area contributed by atoms with E-state index in [1.807, 2.05) is 12.1 Å². The van der Waals surface area contributed by atoms with Gasteiger partial charge >= 0.3 is 0 Å². The van der Waals surface area contributed by atoms with Crippen molar-refractivity contribution in [2.24, 2.45) is 11.3 Å². The molecule has 34 heavy (non-hydrogen) atoms. The normalized spacial score (nSPS) is 26.2. The Morgan fingerprint density at radius 2 is 1.79 bits per heavy atom. The SMILES string of the molecule is Oc1ccc2c(c1)CCC(C1=CCCC=C1)C2c1cnc(N2CCC3(CCNCC3)CC2)nc1. The molecule has 2 fully saturated rings. The van der Waals surface area contributed by atoms with Gasteiger partial charge in [0.2, 0.25) is 5.95 Å². The molecule has 0 radical (unpaired) electrons. The van der Waals surface area contributed by atoms with E-state index in [2.05, 4.69) is 46.9 Å². The third kappa shape index (κ3) is 4.15. The second-order valence-corrected chi connectivity index (χ2v) is 10.7. The Hall–Kier alpha value is -2.66. The predicted molar refractivity (Wildman–Crippen MR) is 136 cm³/mol. The summed E-state index contributed by atoms with van der Waals surface area (Å²) in [6, 6.07) is 5.90. The van der Waals surface area contributed by atoms with Crippen LogP contribution >= 0.6 is 0 Å². The Morgan fingerprint density at radius 1 is 1.00 bits per heavy atom. The second kappa shape index (κ2) is 9.18. The van der Waals surface area contributed by atoms with Crippen LogP contribution in [-0.4, -0.2) is 41.3 Å². The molecule has 2 aliphatic carbocycles. The summed E-state index contributed by atoms with van der Waals surface area (Å²) in [4.78, 5) is 12.2. The first-order valence-electron chi connectivity index (χ1n) is 13.2. The number of aromatic nitrogens is 2. The lowest BCUT2D eigenvalue weighted by molar-refractivity contribution is 0.154. The highest BCUT2D eigenvalue weighted by Crippen LogP contribution is 2.46. The van der Waals surface area contributed by atoms with Gasteiger partial charge in [0.05, 0.1) is 0 Å². The lowest BCUT2D eigenvalue weighted by Crippen LogP contribution is -2.46. The highest BCUT2D eigenvalue weighted by Gasteiger charge is 2.37. The molecule has 0 amide bonds. The molecule has 3 heterocycles. The monoisotopic (exact) mass is 456 g/mol. The molecule has 2 aliphatic heterocycles. The van der Waals surface area contributed by atoms with E-state index in [1.165, 1.54) is 61.0 Å². The van der Waals surface area contributed by atoms with Gasteiger partial charge in [0.25, 0.3) is 0 Å². The fourth-order valence-electron chi connectivity index (χ4n) is 6.78. The molecule has 5 nitrogen and oxygen atoms in total. The molecule has 1 spiro atoms. The fraction of sp³-hybridized carbons (Fsp3) is 0.517. The average molecular weight is 457 g/mol. The molecule has 5 heteroatoms. The molecule has 2 unspecified atom stereocenters. The maximum atomic E-state index is 10.1. The minimum absolute atomic E-state index is 0.228. The van der Waals surface area contributed by atoms with Gasteiger partial charge in [0, 0.05) is 31.4 Å². The van der Waals surface area contributed by atoms with Gasteiger partial charge in [0.15, 0.2) is 0 Å². The van der Waals surface area contributed by atoms with Crippen LogP contribution in [0.4, 0.5) is 5.95 Å². The van der Waals surface area contributed by atoms with Crippen LogP contribution in [0.3, 0.4) is 0 Å². The van der Waals surface area contributed by atoms with Gasteiger partial charge < -0.3 is 15.3 Å². The molecule has 0 saturated carbocycles. The lowest BCUT2D eigenvalue weighted by Gasteiger charge is -2.44. The number of rotatable bonds is 3. The smallest absolute Gasteiger partial charge is 0.225 e. The zero-order chi connectivity index (χ0) is 23.0. The predicted octanol–water partition coefficient (Wildman–Crippen LogP) is 5.12. The van der Waals surface area contributed by atoms with E-state index in [9.17, 15) is 5.11 Å². The van der Waals surface area contributed by atoms with Gasteiger partial charge in [-0.2, -0.15) is 0 Å². The summed E-state index contributed by atoms with van der Waals surface area (Å²) in [5, 5.41) is 13.6. The Balaban J connectivity index is 1.26. The van der Waals surface area contributed by atoms with Crippen LogP contribution in [0.25, 0.3) is 0 Å². The van der Waals surface area contributed by atoms with Gasteiger partial charge in [-0.1, -0.05) is 24.3 Å². The van der Waals surface area contributed by atoms with Crippen LogP contribution in [-0.2, 0) is 6.42 Å². The van der Waals surface area contributed by atoms with Crippen molar-refractivity contribution in [3.05, 3.63) is 71.1 Å². The summed E-state index contributed by atoms with van der Waals surface area (Å²) in [6.07, 6.45) is 20.7. The molecular weight excluding hydrogens is 420 g/mol. The van der Waals surface area contributed by atoms with Crippen molar-refractivity contribution in [3.8, 4) is 5.75 Å². The molecule has 2 saturated heterocycles. The number of phenols is 1. The van der Waals surface area contributed by atoms with E-state index >= 15 is 0 Å². The first kappa shape index (κ1) is 21.8. The van der Waals surface area contributed by atoms with Gasteiger partial charge in [0.1, 0.15) is 5.75 Å². The molecule has 4 aliphatic rings. The molecule has 1 aromatic carbocycles. The third-order valence-corrected chi connectivity index (χ3v) is 8.83. The van der Waals surface area contributed by atoms with Crippen LogP contribution < -0.4 is 10.2 Å². The van der Waals surface area contributed by atoms with E-state index in [0.29, 0.717) is 17.1 Å². The molecule has 2 atom stereocenters. The summed E-state index contributed by atoms with van der Waals surface area (Å²) in [5.41, 5.74) is 5.74. The van der Waals surface area contributed by atoms with E-state index in [4.69, 9.17) is 9.97 Å². The summed E-state index contributed by atoms with van der Waals surface area (Å²) >= 11 is 0. The largest absolute Gasteiger partial charge is 0.508 e. The van der Waals surface area contributed by atoms with Crippen LogP contribution in [0.5, 0.6) is 5.75 Å². The van der Waals surface area contributed by atoms with Gasteiger partial charge in [-0.3, -0.25) is 0 Å². The average Bonchev–Trinajstić information content (AvgIpc) is 2.89. The highest BCUT2D eigenvalue weighted by atomic mass is 16.3. The van der Waals surface area contributed by atoms with E-state index in [-0.39, 0.29) is 5.92 Å². The number of hydrogen-bond acceptors (Lipinski definition) is 5. The fourth-order valence-corrected chi connectivity index (χ4v) is 6.78. The van der Waals surface area contributed by atoms with E-state index in [1.54, 1.807) is 0 Å². The Labute approximate surface area is 203 Å². The quantitative estimate of drug-likeness (QED) is 0.671. The summed E-state index contributed by atoms with van der Waals surface area (Å²) in [7, 11) is 0. The van der Waals surface area contributed by atoms with Crippen molar-refractivity contribution in [1.29, 1.82) is 0 Å². The zero-order valence-corrected chi connectivity index (χ0v) is 20.0. The second-order valence-electron chi connectivity index (χ2n) is 10.7. The van der Waals surface area contributed by atoms with Crippen LogP contribution in [0.1, 0.15) is 67.6 Å². The summed E-state index contributed by atoms with van der Waals surface area (Å²) in [6.45, 7) is 4.45. The van der Waals surface area contributed by atoms with Crippen molar-refractivity contribution in [3.63, 3.8) is 0 Å². The maximum Gasteiger partial charge on any atom is 0.225 e. The lowest BCUT2D eigenvalue weighted by atomic mass is 9.69. The number of aromatic hydroxyl groups is 1. The highest BCUT2D eigenvalue weighted by molar-refractivity contribution is 5.47. The van der Waals surface area contributed by atoms with Crippen molar-refractivity contribution in [2.45, 2.75) is 57.3 Å². The number of piperidine rings is 2. The molecule has 178 valence electrons. The molecule has 6 rings (SSSR count). The van der Waals surface area contributed by atoms with Crippen molar-refractivity contribution in [1.82, 2.24) is 15.3 Å². The number of aryl methyl sites for hydroxylation is 1. The first-order chi connectivity index (χ1) is 16.7. The number of nitrogens with zero attached hydrogens (tertiary/aromatic N) is 3. The van der Waals surface area contributed by atoms with Crippen molar-refractivity contribution >= 4 is 5.95 Å². The maximum absolute atomic E-state index is 10.1. The minimum Gasteiger partial charge on any atom is -0.508 e. The number of fused-ring (bicyclic) bond motifs is 1. The summed E-state index contributed by atoms with van der Waals surface area (Å²) < 4.78 is 0. The number of nitrogens with one attached hydrogen (secondary N) is 1. The Morgan fingerprint density at radius 3 is 2.53 bits per heavy atom. The zero-order valence-electron chi connectivity index (χ0n) is 20.0. The Bertz CT molecular complexity index is 1070.